The molecule has 4 amide bonds. The summed E-state index contributed by atoms with van der Waals surface area (Å²) in [5.41, 5.74) is 0.906. The number of aromatic nitrogens is 3. The van der Waals surface area contributed by atoms with E-state index < -0.39 is 12.1 Å². The van der Waals surface area contributed by atoms with E-state index in [1.54, 1.807) is 11.8 Å². The number of nitrogens with one attached hydrogen (secondary N) is 3. The average Bonchev–Trinajstić information content (AvgIpc) is 3.31. The molecular weight excluding hydrogens is 538 g/mol. The molecule has 0 saturated heterocycles. The minimum atomic E-state index is -0.829. The van der Waals surface area contributed by atoms with Gasteiger partial charge in [0.1, 0.15) is 18.4 Å². The predicted octanol–water partition coefficient (Wildman–Crippen LogP) is 1.68. The van der Waals surface area contributed by atoms with Crippen molar-refractivity contribution in [1.82, 2.24) is 35.6 Å². The number of fused-ring (bicyclic) bond motifs is 1. The molecule has 2 heterocycles. The van der Waals surface area contributed by atoms with Crippen LogP contribution in [0.3, 0.4) is 0 Å². The molecule has 3 rings (SSSR count). The van der Waals surface area contributed by atoms with Crippen molar-refractivity contribution in [2.24, 2.45) is 5.92 Å². The number of benzene rings is 1. The van der Waals surface area contributed by atoms with E-state index in [-0.39, 0.29) is 48.9 Å². The molecular formula is C30H45N7O5. The average molecular weight is 584 g/mol. The first-order valence-corrected chi connectivity index (χ1v) is 14.8. The van der Waals surface area contributed by atoms with Crippen LogP contribution in [0.15, 0.2) is 30.3 Å². The fourth-order valence-electron chi connectivity index (χ4n) is 4.87. The molecule has 2 aromatic rings. The van der Waals surface area contributed by atoms with E-state index in [2.05, 4.69) is 26.0 Å². The zero-order valence-corrected chi connectivity index (χ0v) is 25.2. The van der Waals surface area contributed by atoms with Gasteiger partial charge in [0, 0.05) is 39.1 Å². The van der Waals surface area contributed by atoms with Crippen molar-refractivity contribution in [2.45, 2.75) is 78.4 Å². The third-order valence-corrected chi connectivity index (χ3v) is 7.05. The van der Waals surface area contributed by atoms with Gasteiger partial charge in [-0.3, -0.25) is 19.2 Å². The highest BCUT2D eigenvalue weighted by Gasteiger charge is 2.29. The van der Waals surface area contributed by atoms with Gasteiger partial charge in [0.2, 0.25) is 23.6 Å². The Morgan fingerprint density at radius 2 is 1.81 bits per heavy atom. The highest BCUT2D eigenvalue weighted by Crippen LogP contribution is 2.21. The summed E-state index contributed by atoms with van der Waals surface area (Å²) in [7, 11) is 0. The van der Waals surface area contributed by atoms with Crippen LogP contribution in [0, 0.1) is 12.8 Å². The topological polar surface area (TPSA) is 148 Å². The van der Waals surface area contributed by atoms with E-state index in [9.17, 15) is 19.2 Å². The number of nitrogens with zero attached hydrogens (tertiary/aromatic N) is 4. The SMILES string of the molecule is CCOCCC(=O)N1CCCNC(=O)Cn2nc(C)nc2[C@H](C(C)C)NC(=O)[C@@H](Cc2ccccc2)NC(=O)CCC1. The van der Waals surface area contributed by atoms with Gasteiger partial charge in [0.05, 0.1) is 19.1 Å². The van der Waals surface area contributed by atoms with E-state index in [1.807, 2.05) is 51.1 Å². The van der Waals surface area contributed by atoms with Gasteiger partial charge in [-0.2, -0.15) is 5.10 Å². The van der Waals surface area contributed by atoms with Crippen molar-refractivity contribution in [2.75, 3.05) is 32.8 Å². The summed E-state index contributed by atoms with van der Waals surface area (Å²) in [6.07, 6.45) is 1.71. The van der Waals surface area contributed by atoms with E-state index in [0.717, 1.165) is 5.56 Å². The third kappa shape index (κ3) is 10.2. The van der Waals surface area contributed by atoms with Gasteiger partial charge in [-0.05, 0) is 38.2 Å². The fourth-order valence-corrected chi connectivity index (χ4v) is 4.87. The van der Waals surface area contributed by atoms with Crippen molar-refractivity contribution in [1.29, 1.82) is 0 Å². The zero-order valence-electron chi connectivity index (χ0n) is 25.2. The Balaban J connectivity index is 1.86. The summed E-state index contributed by atoms with van der Waals surface area (Å²) in [5, 5.41) is 13.3. The van der Waals surface area contributed by atoms with Gasteiger partial charge in [-0.1, -0.05) is 44.2 Å². The Morgan fingerprint density at radius 3 is 2.52 bits per heavy atom. The largest absolute Gasteiger partial charge is 0.381 e. The quantitative estimate of drug-likeness (QED) is 0.420. The molecule has 1 aliphatic rings. The molecule has 1 aliphatic heterocycles. The van der Waals surface area contributed by atoms with E-state index in [1.165, 1.54) is 4.68 Å². The van der Waals surface area contributed by atoms with Gasteiger partial charge in [-0.25, -0.2) is 9.67 Å². The number of rotatable bonds is 7. The lowest BCUT2D eigenvalue weighted by molar-refractivity contribution is -0.133. The molecule has 0 bridgehead atoms. The second kappa shape index (κ2) is 16.6. The lowest BCUT2D eigenvalue weighted by Crippen LogP contribution is -2.50. The van der Waals surface area contributed by atoms with E-state index >= 15 is 0 Å². The van der Waals surface area contributed by atoms with E-state index in [4.69, 9.17) is 4.74 Å². The first-order chi connectivity index (χ1) is 20.2. The lowest BCUT2D eigenvalue weighted by atomic mass is 10.0. The predicted molar refractivity (Wildman–Crippen MR) is 157 cm³/mol. The molecule has 0 spiro atoms. The molecule has 3 N–H and O–H groups in total. The molecule has 1 aromatic carbocycles. The van der Waals surface area contributed by atoms with Crippen LogP contribution in [0.4, 0.5) is 0 Å². The molecule has 1 aromatic heterocycles. The van der Waals surface area contributed by atoms with Gasteiger partial charge in [-0.15, -0.1) is 0 Å². The molecule has 0 unspecified atom stereocenters. The Labute approximate surface area is 248 Å². The lowest BCUT2D eigenvalue weighted by Gasteiger charge is -2.26. The Morgan fingerprint density at radius 1 is 1.07 bits per heavy atom. The van der Waals surface area contributed by atoms with Crippen molar-refractivity contribution in [3.8, 4) is 0 Å². The summed E-state index contributed by atoms with van der Waals surface area (Å²) >= 11 is 0. The van der Waals surface area contributed by atoms with Crippen LogP contribution in [0.25, 0.3) is 0 Å². The molecule has 2 atom stereocenters. The summed E-state index contributed by atoms with van der Waals surface area (Å²) in [5.74, 6) is -0.0169. The monoisotopic (exact) mass is 583 g/mol. The van der Waals surface area contributed by atoms with Crippen LogP contribution in [-0.4, -0.2) is 82.2 Å². The number of carbonyl (C=O) groups is 4. The van der Waals surface area contributed by atoms with Crippen LogP contribution >= 0.6 is 0 Å². The maximum absolute atomic E-state index is 13.7. The van der Waals surface area contributed by atoms with Crippen LogP contribution in [-0.2, 0) is 36.9 Å². The second-order valence-corrected chi connectivity index (χ2v) is 10.8. The number of hydrogen-bond acceptors (Lipinski definition) is 7. The summed E-state index contributed by atoms with van der Waals surface area (Å²) in [4.78, 5) is 58.7. The van der Waals surface area contributed by atoms with Gasteiger partial charge < -0.3 is 25.6 Å². The Kier molecular flexibility index (Phi) is 12.9. The van der Waals surface area contributed by atoms with Crippen LogP contribution in [0.1, 0.15) is 69.7 Å². The number of carbonyl (C=O) groups excluding carboxylic acids is 4. The van der Waals surface area contributed by atoms with Crippen molar-refractivity contribution in [3.63, 3.8) is 0 Å². The highest BCUT2D eigenvalue weighted by atomic mass is 16.5. The second-order valence-electron chi connectivity index (χ2n) is 10.8. The standard InChI is InChI=1S/C30H45N7O5/c1-5-42-18-14-27(40)36-16-9-13-25(38)33-24(19-23-11-7-6-8-12-23)30(41)34-28(21(2)3)29-32-22(4)35-37(29)20-26(39)31-15-10-17-36/h6-8,11-12,21,24,28H,5,9-10,13-20H2,1-4H3,(H,31,39)(H,33,38)(H,34,41)/t24-,28+/m1/s1. The van der Waals surface area contributed by atoms with E-state index in [0.29, 0.717) is 63.8 Å². The normalized spacial score (nSPS) is 19.7. The molecule has 0 saturated carbocycles. The van der Waals surface area contributed by atoms with Crippen molar-refractivity contribution < 1.29 is 23.9 Å². The fraction of sp³-hybridized carbons (Fsp3) is 0.600. The highest BCUT2D eigenvalue weighted by molar-refractivity contribution is 5.88. The summed E-state index contributed by atoms with van der Waals surface area (Å²) < 4.78 is 6.87. The zero-order chi connectivity index (χ0) is 30.5. The summed E-state index contributed by atoms with van der Waals surface area (Å²) in [6.45, 7) is 9.53. The molecule has 0 fully saturated rings. The van der Waals surface area contributed by atoms with Gasteiger partial charge in [0.15, 0.2) is 5.82 Å². The molecule has 12 heteroatoms. The first-order valence-electron chi connectivity index (χ1n) is 14.8. The smallest absolute Gasteiger partial charge is 0.243 e. The number of aryl methyl sites for hydroxylation is 1. The molecule has 0 radical (unpaired) electrons. The minimum absolute atomic E-state index is 0.0591. The Hall–Kier alpha value is -3.80. The van der Waals surface area contributed by atoms with Crippen LogP contribution in [0.5, 0.6) is 0 Å². The molecule has 230 valence electrons. The number of hydrogen-bond donors (Lipinski definition) is 3. The maximum Gasteiger partial charge on any atom is 0.243 e. The summed E-state index contributed by atoms with van der Waals surface area (Å²) in [6, 6.07) is 8.14. The number of ether oxygens (including phenoxy) is 1. The molecule has 0 aliphatic carbocycles. The van der Waals surface area contributed by atoms with Crippen molar-refractivity contribution >= 4 is 23.6 Å². The Bertz CT molecular complexity index is 1180. The number of amides is 4. The van der Waals surface area contributed by atoms with Crippen LogP contribution < -0.4 is 16.0 Å². The van der Waals surface area contributed by atoms with Crippen molar-refractivity contribution in [3.05, 3.63) is 47.5 Å². The van der Waals surface area contributed by atoms with Gasteiger partial charge >= 0.3 is 0 Å². The van der Waals surface area contributed by atoms with Gasteiger partial charge in [0.25, 0.3) is 0 Å². The van der Waals surface area contributed by atoms with Crippen LogP contribution in [0.2, 0.25) is 0 Å². The molecule has 42 heavy (non-hydrogen) atoms. The third-order valence-electron chi connectivity index (χ3n) is 7.05. The molecule has 12 nitrogen and oxygen atoms in total. The maximum atomic E-state index is 13.7. The first kappa shape index (κ1) is 32.7. The minimum Gasteiger partial charge on any atom is -0.381 e.